The number of benzene rings is 2. The zero-order chi connectivity index (χ0) is 24.5. The number of halogens is 1. The first-order chi connectivity index (χ1) is 16.4. The smallest absolute Gasteiger partial charge is 0.326 e. The molecule has 1 heterocycles. The van der Waals surface area contributed by atoms with Gasteiger partial charge in [0.1, 0.15) is 11.9 Å². The number of imidazole rings is 1. The largest absolute Gasteiger partial charge is 0.480 e. The van der Waals surface area contributed by atoms with E-state index in [2.05, 4.69) is 16.5 Å². The molecule has 1 atom stereocenters. The number of hydrogen-bond acceptors (Lipinski definition) is 3. The second-order valence-electron chi connectivity index (χ2n) is 8.45. The van der Waals surface area contributed by atoms with Crippen LogP contribution in [0, 0.1) is 0 Å². The normalized spacial score (nSPS) is 11.9. The summed E-state index contributed by atoms with van der Waals surface area (Å²) in [4.78, 5) is 30.7. The monoisotopic (exact) mass is 481 g/mol. The third-order valence-corrected chi connectivity index (χ3v) is 6.38. The van der Waals surface area contributed by atoms with E-state index in [1.807, 2.05) is 60.8 Å². The Morgan fingerprint density at radius 1 is 1.09 bits per heavy atom. The van der Waals surface area contributed by atoms with E-state index in [0.717, 1.165) is 41.9 Å². The highest BCUT2D eigenvalue weighted by atomic mass is 35.5. The zero-order valence-electron chi connectivity index (χ0n) is 19.8. The Kier molecular flexibility index (Phi) is 9.28. The lowest BCUT2D eigenvalue weighted by molar-refractivity contribution is -0.149. The van der Waals surface area contributed by atoms with Crippen LogP contribution in [0.15, 0.2) is 60.8 Å². The Balaban J connectivity index is 1.83. The fraction of sp³-hybridized carbons (Fsp3) is 0.370. The minimum atomic E-state index is -1.01. The number of aromatic nitrogens is 2. The van der Waals surface area contributed by atoms with Gasteiger partial charge in [-0.25, -0.2) is 9.78 Å². The van der Waals surface area contributed by atoms with Crippen molar-refractivity contribution in [1.29, 1.82) is 0 Å². The standard InChI is InChI=1S/C27H32ClN3O3/c1-3-4-14-26-29-18-23(31(26)19-22-12-8-9-13-24(22)28)15-16-30(20(2)32)25(27(33)34)17-21-10-6-5-7-11-21/h5-13,18,25H,3-4,14-17,19H2,1-2H3,(H,33,34)/t25-/m0/s1. The molecule has 6 nitrogen and oxygen atoms in total. The van der Waals surface area contributed by atoms with Crippen LogP contribution < -0.4 is 0 Å². The average Bonchev–Trinajstić information content (AvgIpc) is 3.20. The van der Waals surface area contributed by atoms with Crippen molar-refractivity contribution in [2.24, 2.45) is 0 Å². The van der Waals surface area contributed by atoms with E-state index in [1.54, 1.807) is 0 Å². The van der Waals surface area contributed by atoms with Crippen molar-refractivity contribution in [3.8, 4) is 0 Å². The molecular weight excluding hydrogens is 450 g/mol. The molecule has 34 heavy (non-hydrogen) atoms. The van der Waals surface area contributed by atoms with Crippen molar-refractivity contribution >= 4 is 23.5 Å². The van der Waals surface area contributed by atoms with Gasteiger partial charge in [-0.15, -0.1) is 0 Å². The lowest BCUT2D eigenvalue weighted by Crippen LogP contribution is -2.46. The average molecular weight is 482 g/mol. The Morgan fingerprint density at radius 2 is 1.79 bits per heavy atom. The van der Waals surface area contributed by atoms with Crippen molar-refractivity contribution in [3.05, 3.63) is 88.5 Å². The molecule has 1 amide bonds. The SMILES string of the molecule is CCCCc1ncc(CCN(C(C)=O)[C@@H](Cc2ccccc2)C(=O)O)n1Cc1ccccc1Cl. The number of nitrogens with zero attached hydrogens (tertiary/aromatic N) is 3. The van der Waals surface area contributed by atoms with E-state index in [0.29, 0.717) is 24.5 Å². The molecule has 0 aliphatic heterocycles. The molecule has 0 saturated carbocycles. The first-order valence-electron chi connectivity index (χ1n) is 11.7. The maximum Gasteiger partial charge on any atom is 0.326 e. The van der Waals surface area contributed by atoms with Crippen molar-refractivity contribution in [2.75, 3.05) is 6.54 Å². The summed E-state index contributed by atoms with van der Waals surface area (Å²) in [6.45, 7) is 4.45. The van der Waals surface area contributed by atoms with Crippen LogP contribution in [0.4, 0.5) is 0 Å². The quantitative estimate of drug-likeness (QED) is 0.394. The van der Waals surface area contributed by atoms with Crippen LogP contribution in [0.2, 0.25) is 5.02 Å². The molecule has 3 aromatic rings. The van der Waals surface area contributed by atoms with Crippen LogP contribution in [0.5, 0.6) is 0 Å². The Bertz CT molecular complexity index is 1100. The highest BCUT2D eigenvalue weighted by Gasteiger charge is 2.28. The summed E-state index contributed by atoms with van der Waals surface area (Å²) in [5.74, 6) is -0.288. The number of carbonyl (C=O) groups is 2. The van der Waals surface area contributed by atoms with Crippen molar-refractivity contribution in [3.63, 3.8) is 0 Å². The number of carboxylic acid groups (broad SMARTS) is 1. The molecule has 0 spiro atoms. The van der Waals surface area contributed by atoms with Crippen LogP contribution in [0.1, 0.15) is 49.3 Å². The van der Waals surface area contributed by atoms with Crippen molar-refractivity contribution in [2.45, 2.75) is 58.5 Å². The first kappa shape index (κ1) is 25.5. The third kappa shape index (κ3) is 6.70. The van der Waals surface area contributed by atoms with E-state index in [4.69, 9.17) is 11.6 Å². The number of hydrogen-bond donors (Lipinski definition) is 1. The second-order valence-corrected chi connectivity index (χ2v) is 8.86. The molecule has 0 bridgehead atoms. The number of carboxylic acids is 1. The topological polar surface area (TPSA) is 75.4 Å². The fourth-order valence-corrected chi connectivity index (χ4v) is 4.31. The molecule has 7 heteroatoms. The number of amides is 1. The van der Waals surface area contributed by atoms with Gasteiger partial charge in [-0.1, -0.05) is 73.5 Å². The molecule has 180 valence electrons. The van der Waals surface area contributed by atoms with E-state index < -0.39 is 12.0 Å². The summed E-state index contributed by atoms with van der Waals surface area (Å²) in [7, 11) is 0. The third-order valence-electron chi connectivity index (χ3n) is 6.01. The molecule has 3 rings (SSSR count). The number of carbonyl (C=O) groups excluding carboxylic acids is 1. The van der Waals surface area contributed by atoms with Gasteiger partial charge in [0.25, 0.3) is 0 Å². The predicted molar refractivity (Wildman–Crippen MR) is 134 cm³/mol. The Morgan fingerprint density at radius 3 is 2.44 bits per heavy atom. The zero-order valence-corrected chi connectivity index (χ0v) is 20.5. The summed E-state index contributed by atoms with van der Waals surface area (Å²) in [5, 5.41) is 10.6. The van der Waals surface area contributed by atoms with Crippen molar-refractivity contribution < 1.29 is 14.7 Å². The molecule has 1 aromatic heterocycles. The van der Waals surface area contributed by atoms with Gasteiger partial charge < -0.3 is 14.6 Å². The van der Waals surface area contributed by atoms with Gasteiger partial charge >= 0.3 is 5.97 Å². The predicted octanol–water partition coefficient (Wildman–Crippen LogP) is 5.01. The van der Waals surface area contributed by atoms with E-state index in [-0.39, 0.29) is 12.3 Å². The fourth-order valence-electron chi connectivity index (χ4n) is 4.11. The van der Waals surface area contributed by atoms with Crippen molar-refractivity contribution in [1.82, 2.24) is 14.5 Å². The van der Waals surface area contributed by atoms with Gasteiger partial charge in [0.15, 0.2) is 0 Å². The summed E-state index contributed by atoms with van der Waals surface area (Å²) >= 11 is 6.42. The van der Waals surface area contributed by atoms with Crippen LogP contribution in [0.25, 0.3) is 0 Å². The first-order valence-corrected chi connectivity index (χ1v) is 12.1. The molecule has 0 unspecified atom stereocenters. The summed E-state index contributed by atoms with van der Waals surface area (Å²) < 4.78 is 2.15. The highest BCUT2D eigenvalue weighted by Crippen LogP contribution is 2.20. The molecule has 0 aliphatic carbocycles. The van der Waals surface area contributed by atoms with Crippen LogP contribution in [0.3, 0.4) is 0 Å². The maximum atomic E-state index is 12.5. The summed E-state index contributed by atoms with van der Waals surface area (Å²) in [5.41, 5.74) is 2.84. The van der Waals surface area contributed by atoms with Crippen LogP contribution in [-0.4, -0.2) is 44.0 Å². The lowest BCUT2D eigenvalue weighted by atomic mass is 10.0. The van der Waals surface area contributed by atoms with E-state index in [9.17, 15) is 14.7 Å². The van der Waals surface area contributed by atoms with E-state index in [1.165, 1.54) is 11.8 Å². The minimum absolute atomic E-state index is 0.258. The highest BCUT2D eigenvalue weighted by molar-refractivity contribution is 6.31. The van der Waals surface area contributed by atoms with Gasteiger partial charge in [0.2, 0.25) is 5.91 Å². The van der Waals surface area contributed by atoms with E-state index >= 15 is 0 Å². The number of aliphatic carboxylic acids is 1. The number of rotatable bonds is 12. The molecular formula is C27H32ClN3O3. The summed E-state index contributed by atoms with van der Waals surface area (Å²) in [6.07, 6.45) is 5.54. The van der Waals surface area contributed by atoms with Gasteiger partial charge in [0.05, 0.1) is 6.54 Å². The lowest BCUT2D eigenvalue weighted by Gasteiger charge is -2.28. The van der Waals surface area contributed by atoms with Gasteiger partial charge in [-0.3, -0.25) is 4.79 Å². The Hall–Kier alpha value is -3.12. The number of unbranched alkanes of at least 4 members (excludes halogenated alkanes) is 1. The van der Waals surface area contributed by atoms with Gasteiger partial charge in [0, 0.05) is 49.6 Å². The molecule has 0 saturated heterocycles. The van der Waals surface area contributed by atoms with Crippen LogP contribution in [-0.2, 0) is 35.4 Å². The minimum Gasteiger partial charge on any atom is -0.480 e. The summed E-state index contributed by atoms with van der Waals surface area (Å²) in [6, 6.07) is 16.2. The van der Waals surface area contributed by atoms with Gasteiger partial charge in [-0.05, 0) is 23.6 Å². The molecule has 0 radical (unpaired) electrons. The molecule has 0 aliphatic rings. The van der Waals surface area contributed by atoms with Gasteiger partial charge in [-0.2, -0.15) is 0 Å². The molecule has 1 N–H and O–H groups in total. The second kappa shape index (κ2) is 12.4. The van der Waals surface area contributed by atoms with Crippen LogP contribution >= 0.6 is 11.6 Å². The molecule has 0 fully saturated rings. The maximum absolute atomic E-state index is 12.5. The Labute approximate surface area is 206 Å². The number of aryl methyl sites for hydroxylation is 1. The molecule has 2 aromatic carbocycles.